The average molecular weight is 264 g/mol. The van der Waals surface area contributed by atoms with E-state index in [1.807, 2.05) is 0 Å². The topological polar surface area (TPSA) is 58.3 Å². The van der Waals surface area contributed by atoms with Gasteiger partial charge in [-0.1, -0.05) is 24.6 Å². The number of aliphatic hydroxyl groups excluding tert-OH is 1. The zero-order valence-corrected chi connectivity index (χ0v) is 12.7. The number of aryl methyl sites for hydroxylation is 3. The molecule has 3 heteroatoms. The van der Waals surface area contributed by atoms with E-state index in [0.29, 0.717) is 12.6 Å². The van der Waals surface area contributed by atoms with Crippen molar-refractivity contribution in [2.75, 3.05) is 13.2 Å². The van der Waals surface area contributed by atoms with Crippen LogP contribution < -0.4 is 11.1 Å². The van der Waals surface area contributed by atoms with Gasteiger partial charge in [-0.2, -0.15) is 0 Å². The maximum atomic E-state index is 9.10. The molecule has 0 saturated carbocycles. The van der Waals surface area contributed by atoms with Crippen molar-refractivity contribution in [3.05, 3.63) is 34.4 Å². The summed E-state index contributed by atoms with van der Waals surface area (Å²) in [5.41, 5.74) is 11.1. The van der Waals surface area contributed by atoms with Gasteiger partial charge in [-0.25, -0.2) is 0 Å². The van der Waals surface area contributed by atoms with Crippen molar-refractivity contribution >= 4 is 0 Å². The van der Waals surface area contributed by atoms with E-state index in [0.717, 1.165) is 12.8 Å². The van der Waals surface area contributed by atoms with Crippen molar-refractivity contribution in [1.82, 2.24) is 5.32 Å². The van der Waals surface area contributed by atoms with Gasteiger partial charge in [-0.05, 0) is 50.3 Å². The van der Waals surface area contributed by atoms with Crippen LogP contribution in [0.25, 0.3) is 0 Å². The molecular formula is C16H28N2O. The minimum atomic E-state index is 0.164. The molecule has 19 heavy (non-hydrogen) atoms. The van der Waals surface area contributed by atoms with E-state index in [2.05, 4.69) is 45.1 Å². The third kappa shape index (κ3) is 4.30. The molecule has 0 heterocycles. The molecular weight excluding hydrogens is 236 g/mol. The standard InChI is InChI=1S/C16H28N2O/c1-5-14(6-7-19)18-15(10-17)16-12(3)8-11(2)9-13(16)4/h8-9,14-15,18-19H,5-7,10,17H2,1-4H3. The number of aliphatic hydroxyl groups is 1. The summed E-state index contributed by atoms with van der Waals surface area (Å²) in [6.45, 7) is 9.34. The molecule has 0 aliphatic rings. The molecule has 0 saturated heterocycles. The van der Waals surface area contributed by atoms with Crippen molar-refractivity contribution in [1.29, 1.82) is 0 Å². The Labute approximate surface area is 117 Å². The number of hydrogen-bond acceptors (Lipinski definition) is 3. The first-order valence-corrected chi connectivity index (χ1v) is 7.18. The van der Waals surface area contributed by atoms with E-state index < -0.39 is 0 Å². The fraction of sp³-hybridized carbons (Fsp3) is 0.625. The summed E-state index contributed by atoms with van der Waals surface area (Å²) < 4.78 is 0. The van der Waals surface area contributed by atoms with E-state index in [1.54, 1.807) is 0 Å². The monoisotopic (exact) mass is 264 g/mol. The second-order valence-corrected chi connectivity index (χ2v) is 5.38. The lowest BCUT2D eigenvalue weighted by molar-refractivity contribution is 0.255. The van der Waals surface area contributed by atoms with Gasteiger partial charge in [-0.15, -0.1) is 0 Å². The van der Waals surface area contributed by atoms with Gasteiger partial charge in [0.2, 0.25) is 0 Å². The fourth-order valence-corrected chi connectivity index (χ4v) is 2.86. The number of rotatable bonds is 7. The molecule has 0 spiro atoms. The number of nitrogens with one attached hydrogen (secondary N) is 1. The van der Waals surface area contributed by atoms with Crippen LogP contribution in [0.5, 0.6) is 0 Å². The molecule has 0 aliphatic heterocycles. The molecule has 0 bridgehead atoms. The van der Waals surface area contributed by atoms with E-state index in [1.165, 1.54) is 22.3 Å². The maximum Gasteiger partial charge on any atom is 0.0451 e. The fourth-order valence-electron chi connectivity index (χ4n) is 2.86. The first kappa shape index (κ1) is 16.2. The second-order valence-electron chi connectivity index (χ2n) is 5.38. The van der Waals surface area contributed by atoms with Crippen molar-refractivity contribution in [2.45, 2.75) is 52.6 Å². The normalized spacial score (nSPS) is 14.4. The lowest BCUT2D eigenvalue weighted by Gasteiger charge is -2.27. The van der Waals surface area contributed by atoms with Crippen molar-refractivity contribution in [3.63, 3.8) is 0 Å². The summed E-state index contributed by atoms with van der Waals surface area (Å²) >= 11 is 0. The van der Waals surface area contributed by atoms with Crippen LogP contribution in [0, 0.1) is 20.8 Å². The molecule has 0 aliphatic carbocycles. The summed E-state index contributed by atoms with van der Waals surface area (Å²) in [6, 6.07) is 4.90. The molecule has 0 amide bonds. The molecule has 4 N–H and O–H groups in total. The van der Waals surface area contributed by atoms with Gasteiger partial charge >= 0.3 is 0 Å². The number of nitrogens with two attached hydrogens (primary N) is 1. The minimum Gasteiger partial charge on any atom is -0.396 e. The van der Waals surface area contributed by atoms with E-state index in [9.17, 15) is 0 Å². The predicted octanol–water partition coefficient (Wildman–Crippen LogP) is 2.36. The molecule has 3 nitrogen and oxygen atoms in total. The Bertz CT molecular complexity index is 381. The molecule has 1 rings (SSSR count). The van der Waals surface area contributed by atoms with Crippen LogP contribution in [0.15, 0.2) is 12.1 Å². The molecule has 1 aromatic rings. The largest absolute Gasteiger partial charge is 0.396 e. The molecule has 0 aromatic heterocycles. The third-order valence-electron chi connectivity index (χ3n) is 3.73. The molecule has 2 atom stereocenters. The summed E-state index contributed by atoms with van der Waals surface area (Å²) in [7, 11) is 0. The Morgan fingerprint density at radius 3 is 2.21 bits per heavy atom. The van der Waals surface area contributed by atoms with E-state index in [4.69, 9.17) is 10.8 Å². The van der Waals surface area contributed by atoms with Crippen LogP contribution in [0.1, 0.15) is 48.1 Å². The first-order chi connectivity index (χ1) is 9.03. The van der Waals surface area contributed by atoms with Gasteiger partial charge in [0.05, 0.1) is 0 Å². The van der Waals surface area contributed by atoms with Gasteiger partial charge < -0.3 is 16.2 Å². The summed E-state index contributed by atoms with van der Waals surface area (Å²) in [6.07, 6.45) is 1.78. The molecule has 108 valence electrons. The Hall–Kier alpha value is -0.900. The SMILES string of the molecule is CCC(CCO)NC(CN)c1c(C)cc(C)cc1C. The first-order valence-electron chi connectivity index (χ1n) is 7.18. The molecule has 0 radical (unpaired) electrons. The highest BCUT2D eigenvalue weighted by atomic mass is 16.3. The van der Waals surface area contributed by atoms with Crippen LogP contribution in [0.3, 0.4) is 0 Å². The highest BCUT2D eigenvalue weighted by Crippen LogP contribution is 2.24. The lowest BCUT2D eigenvalue weighted by Crippen LogP contribution is -2.37. The van der Waals surface area contributed by atoms with Crippen LogP contribution in [0.4, 0.5) is 0 Å². The minimum absolute atomic E-state index is 0.164. The highest BCUT2D eigenvalue weighted by Gasteiger charge is 2.18. The van der Waals surface area contributed by atoms with Crippen molar-refractivity contribution in [3.8, 4) is 0 Å². The second kappa shape index (κ2) is 7.63. The molecule has 0 fully saturated rings. The Kier molecular flexibility index (Phi) is 6.49. The van der Waals surface area contributed by atoms with Crippen LogP contribution in [-0.2, 0) is 0 Å². The Morgan fingerprint density at radius 2 is 1.79 bits per heavy atom. The predicted molar refractivity (Wildman–Crippen MR) is 81.4 cm³/mol. The summed E-state index contributed by atoms with van der Waals surface area (Å²) in [5, 5.41) is 12.7. The van der Waals surface area contributed by atoms with Crippen LogP contribution in [-0.4, -0.2) is 24.3 Å². The van der Waals surface area contributed by atoms with Gasteiger partial charge in [0.25, 0.3) is 0 Å². The molecule has 1 aromatic carbocycles. The van der Waals surface area contributed by atoms with Crippen molar-refractivity contribution < 1.29 is 5.11 Å². The van der Waals surface area contributed by atoms with Crippen LogP contribution in [0.2, 0.25) is 0 Å². The van der Waals surface area contributed by atoms with Gasteiger partial charge in [0.15, 0.2) is 0 Å². The maximum absolute atomic E-state index is 9.10. The highest BCUT2D eigenvalue weighted by molar-refractivity contribution is 5.39. The Morgan fingerprint density at radius 1 is 1.21 bits per heavy atom. The molecule has 2 unspecified atom stereocenters. The third-order valence-corrected chi connectivity index (χ3v) is 3.73. The van der Waals surface area contributed by atoms with E-state index in [-0.39, 0.29) is 12.6 Å². The van der Waals surface area contributed by atoms with E-state index >= 15 is 0 Å². The average Bonchev–Trinajstić information content (AvgIpc) is 2.35. The summed E-state index contributed by atoms with van der Waals surface area (Å²) in [4.78, 5) is 0. The lowest BCUT2D eigenvalue weighted by atomic mass is 9.93. The zero-order valence-electron chi connectivity index (χ0n) is 12.7. The summed E-state index contributed by atoms with van der Waals surface area (Å²) in [5.74, 6) is 0. The zero-order chi connectivity index (χ0) is 14.4. The van der Waals surface area contributed by atoms with Crippen molar-refractivity contribution in [2.24, 2.45) is 5.73 Å². The number of benzene rings is 1. The van der Waals surface area contributed by atoms with Gasteiger partial charge in [0.1, 0.15) is 0 Å². The van der Waals surface area contributed by atoms with Gasteiger partial charge in [0, 0.05) is 25.2 Å². The van der Waals surface area contributed by atoms with Crippen LogP contribution >= 0.6 is 0 Å². The Balaban J connectivity index is 2.97. The number of hydrogen-bond donors (Lipinski definition) is 3. The van der Waals surface area contributed by atoms with Gasteiger partial charge in [-0.3, -0.25) is 0 Å². The smallest absolute Gasteiger partial charge is 0.0451 e. The quantitative estimate of drug-likeness (QED) is 0.708.